The van der Waals surface area contributed by atoms with E-state index in [4.69, 9.17) is 18.9 Å². The molecule has 0 unspecified atom stereocenters. The number of carbonyl (C=O) groups is 1. The van der Waals surface area contributed by atoms with Gasteiger partial charge in [-0.25, -0.2) is 4.79 Å². The SMILES string of the molecule is COc1cc(C#N)c(NC(C)C)c(C#N)c1OC(=O)Oc1c(OC)cc(C#N)c(NC(C)C)c1C#N. The fraction of sp³-hybridized carbons (Fsp3) is 0.320. The lowest BCUT2D eigenvalue weighted by Gasteiger charge is -2.19. The standard InChI is InChI=1S/C25H24N6O5/c1-13(2)30-21-15(9-26)7-19(33-5)23(17(21)11-28)35-25(32)36-24-18(12-29)22(31-14(3)4)16(10-27)8-20(24)34-6/h7-8,13-14,30-31H,1-6H3. The molecular weight excluding hydrogens is 464 g/mol. The maximum atomic E-state index is 12.9. The van der Waals surface area contributed by atoms with Crippen LogP contribution in [-0.2, 0) is 0 Å². The summed E-state index contributed by atoms with van der Waals surface area (Å²) in [4.78, 5) is 12.9. The van der Waals surface area contributed by atoms with Crippen LogP contribution in [0.25, 0.3) is 0 Å². The Morgan fingerprint density at radius 3 is 1.33 bits per heavy atom. The second-order valence-corrected chi connectivity index (χ2v) is 7.91. The maximum Gasteiger partial charge on any atom is 0.519 e. The average Bonchev–Trinajstić information content (AvgIpc) is 2.84. The number of nitrogens with one attached hydrogen (secondary N) is 2. The fourth-order valence-electron chi connectivity index (χ4n) is 3.24. The number of nitriles is 4. The molecule has 2 aromatic carbocycles. The van der Waals surface area contributed by atoms with E-state index in [1.54, 1.807) is 0 Å². The van der Waals surface area contributed by atoms with Crippen LogP contribution >= 0.6 is 0 Å². The van der Waals surface area contributed by atoms with Crippen LogP contribution in [0.15, 0.2) is 12.1 Å². The minimum absolute atomic E-state index is 0.0520. The van der Waals surface area contributed by atoms with Crippen LogP contribution in [0, 0.1) is 45.3 Å². The molecule has 2 aromatic rings. The first-order valence-electron chi connectivity index (χ1n) is 10.7. The Balaban J connectivity index is 2.63. The zero-order valence-corrected chi connectivity index (χ0v) is 20.6. The Hall–Kier alpha value is -5.13. The van der Waals surface area contributed by atoms with Crippen LogP contribution < -0.4 is 29.6 Å². The summed E-state index contributed by atoms with van der Waals surface area (Å²) in [5.74, 6) is -0.662. The second kappa shape index (κ2) is 11.8. The molecule has 0 bridgehead atoms. The molecule has 11 heteroatoms. The smallest absolute Gasteiger partial charge is 0.493 e. The molecule has 0 aliphatic carbocycles. The van der Waals surface area contributed by atoms with Gasteiger partial charge in [0.25, 0.3) is 0 Å². The first kappa shape index (κ1) is 27.1. The lowest BCUT2D eigenvalue weighted by Crippen LogP contribution is -2.19. The van der Waals surface area contributed by atoms with Crippen molar-refractivity contribution in [1.29, 1.82) is 21.0 Å². The highest BCUT2D eigenvalue weighted by molar-refractivity contribution is 5.81. The van der Waals surface area contributed by atoms with Gasteiger partial charge in [0.2, 0.25) is 0 Å². The quantitative estimate of drug-likeness (QED) is 0.398. The molecule has 0 amide bonds. The lowest BCUT2D eigenvalue weighted by molar-refractivity contribution is 0.148. The van der Waals surface area contributed by atoms with Crippen molar-refractivity contribution in [2.24, 2.45) is 0 Å². The van der Waals surface area contributed by atoms with E-state index in [2.05, 4.69) is 10.6 Å². The van der Waals surface area contributed by atoms with Crippen molar-refractivity contribution in [3.05, 3.63) is 34.4 Å². The van der Waals surface area contributed by atoms with E-state index >= 15 is 0 Å². The number of rotatable bonds is 8. The summed E-state index contributed by atoms with van der Waals surface area (Å²) in [6, 6.07) is 10.2. The van der Waals surface area contributed by atoms with E-state index in [9.17, 15) is 25.8 Å². The summed E-state index contributed by atoms with van der Waals surface area (Å²) in [7, 11) is 2.57. The molecule has 2 rings (SSSR count). The number of nitrogens with zero attached hydrogens (tertiary/aromatic N) is 4. The monoisotopic (exact) mass is 488 g/mol. The number of methoxy groups -OCH3 is 2. The van der Waals surface area contributed by atoms with Crippen LogP contribution in [-0.4, -0.2) is 32.5 Å². The molecule has 184 valence electrons. The van der Waals surface area contributed by atoms with E-state index in [1.807, 2.05) is 52.0 Å². The van der Waals surface area contributed by atoms with Gasteiger partial charge in [0.05, 0.1) is 36.7 Å². The fourth-order valence-corrected chi connectivity index (χ4v) is 3.24. The minimum Gasteiger partial charge on any atom is -0.493 e. The molecule has 0 aliphatic heterocycles. The Labute approximate surface area is 209 Å². The lowest BCUT2D eigenvalue weighted by atomic mass is 10.1. The number of carbonyl (C=O) groups excluding carboxylic acids is 1. The summed E-state index contributed by atoms with van der Waals surface area (Å²) in [6.45, 7) is 7.24. The first-order chi connectivity index (χ1) is 17.1. The molecule has 2 N–H and O–H groups in total. The van der Waals surface area contributed by atoms with Crippen molar-refractivity contribution in [3.8, 4) is 47.3 Å². The number of anilines is 2. The van der Waals surface area contributed by atoms with Gasteiger partial charge in [-0.1, -0.05) is 0 Å². The molecule has 0 fully saturated rings. The van der Waals surface area contributed by atoms with Gasteiger partial charge in [0.1, 0.15) is 35.4 Å². The minimum atomic E-state index is -1.31. The zero-order valence-electron chi connectivity index (χ0n) is 20.6. The Bertz CT molecular complexity index is 1240. The van der Waals surface area contributed by atoms with Gasteiger partial charge in [-0.2, -0.15) is 21.0 Å². The molecule has 11 nitrogen and oxygen atoms in total. The second-order valence-electron chi connectivity index (χ2n) is 7.91. The predicted octanol–water partition coefficient (Wildman–Crippen LogP) is 4.41. The molecule has 0 atom stereocenters. The Morgan fingerprint density at radius 2 is 1.08 bits per heavy atom. The number of hydrogen-bond donors (Lipinski definition) is 2. The Morgan fingerprint density at radius 1 is 0.722 bits per heavy atom. The highest BCUT2D eigenvalue weighted by Crippen LogP contribution is 2.41. The van der Waals surface area contributed by atoms with E-state index < -0.39 is 6.16 Å². The van der Waals surface area contributed by atoms with Crippen molar-refractivity contribution < 1.29 is 23.7 Å². The van der Waals surface area contributed by atoms with Crippen molar-refractivity contribution in [2.75, 3.05) is 24.9 Å². The van der Waals surface area contributed by atoms with Gasteiger partial charge in [-0.15, -0.1) is 0 Å². The van der Waals surface area contributed by atoms with Crippen LogP contribution in [0.5, 0.6) is 23.0 Å². The summed E-state index contributed by atoms with van der Waals surface area (Å²) in [5, 5.41) is 44.7. The summed E-state index contributed by atoms with van der Waals surface area (Å²) < 4.78 is 21.2. The average molecular weight is 489 g/mol. The third kappa shape index (κ3) is 5.67. The first-order valence-corrected chi connectivity index (χ1v) is 10.7. The normalized spacial score (nSPS) is 9.89. The van der Waals surface area contributed by atoms with Gasteiger partial charge < -0.3 is 29.6 Å². The van der Waals surface area contributed by atoms with Crippen LogP contribution in [0.4, 0.5) is 16.2 Å². The Kier molecular flexibility index (Phi) is 8.91. The van der Waals surface area contributed by atoms with Gasteiger partial charge in [0, 0.05) is 24.2 Å². The summed E-state index contributed by atoms with van der Waals surface area (Å²) >= 11 is 0. The van der Waals surface area contributed by atoms with Gasteiger partial charge in [-0.05, 0) is 27.7 Å². The van der Waals surface area contributed by atoms with E-state index in [0.29, 0.717) is 0 Å². The zero-order chi connectivity index (χ0) is 27.0. The van der Waals surface area contributed by atoms with Gasteiger partial charge >= 0.3 is 6.16 Å². The van der Waals surface area contributed by atoms with E-state index in [-0.39, 0.29) is 68.7 Å². The van der Waals surface area contributed by atoms with Crippen LogP contribution in [0.3, 0.4) is 0 Å². The third-order valence-corrected chi connectivity index (χ3v) is 4.63. The van der Waals surface area contributed by atoms with Gasteiger partial charge in [0.15, 0.2) is 23.0 Å². The van der Waals surface area contributed by atoms with E-state index in [1.165, 1.54) is 26.4 Å². The molecular formula is C25H24N6O5. The van der Waals surface area contributed by atoms with Crippen LogP contribution in [0.2, 0.25) is 0 Å². The highest BCUT2D eigenvalue weighted by Gasteiger charge is 2.27. The molecule has 0 radical (unpaired) electrons. The molecule has 36 heavy (non-hydrogen) atoms. The van der Waals surface area contributed by atoms with Crippen molar-refractivity contribution >= 4 is 17.5 Å². The number of hydrogen-bond acceptors (Lipinski definition) is 11. The molecule has 0 spiro atoms. The third-order valence-electron chi connectivity index (χ3n) is 4.63. The van der Waals surface area contributed by atoms with Crippen molar-refractivity contribution in [3.63, 3.8) is 0 Å². The highest BCUT2D eigenvalue weighted by atomic mass is 16.7. The molecule has 0 aliphatic rings. The predicted molar refractivity (Wildman–Crippen MR) is 129 cm³/mol. The molecule has 0 heterocycles. The molecule has 0 saturated carbocycles. The van der Waals surface area contributed by atoms with Crippen LogP contribution in [0.1, 0.15) is 49.9 Å². The summed E-state index contributed by atoms with van der Waals surface area (Å²) in [6.07, 6.45) is -1.31. The summed E-state index contributed by atoms with van der Waals surface area (Å²) in [5.41, 5.74) is 0.258. The number of ether oxygens (including phenoxy) is 4. The topological polar surface area (TPSA) is 173 Å². The van der Waals surface area contributed by atoms with E-state index in [0.717, 1.165) is 0 Å². The van der Waals surface area contributed by atoms with Crippen molar-refractivity contribution in [1.82, 2.24) is 0 Å². The maximum absolute atomic E-state index is 12.9. The number of benzene rings is 2. The van der Waals surface area contributed by atoms with Crippen molar-refractivity contribution in [2.45, 2.75) is 39.8 Å². The molecule has 0 aromatic heterocycles. The molecule has 0 saturated heterocycles. The largest absolute Gasteiger partial charge is 0.519 e. The van der Waals surface area contributed by atoms with Gasteiger partial charge in [-0.3, -0.25) is 0 Å².